The van der Waals surface area contributed by atoms with E-state index in [1.54, 1.807) is 0 Å². The number of aromatic nitrogens is 5. The molecule has 98 heavy (non-hydrogen) atoms. The van der Waals surface area contributed by atoms with Crippen molar-refractivity contribution in [1.29, 1.82) is 15.8 Å². The lowest BCUT2D eigenvalue weighted by molar-refractivity contribution is 1.07. The van der Waals surface area contributed by atoms with E-state index in [1.165, 1.54) is 0 Å². The minimum absolute atomic E-state index is 0.409. The first kappa shape index (κ1) is 58.0. The molecule has 17 aromatic rings. The molecule has 0 aliphatic heterocycles. The van der Waals surface area contributed by atoms with Gasteiger partial charge in [0.1, 0.15) is 0 Å². The van der Waals surface area contributed by atoms with E-state index in [0.29, 0.717) is 45.3 Å². The number of nitriles is 3. The lowest BCUT2D eigenvalue weighted by Gasteiger charge is -2.18. The standard InChI is InChI=1S/C90H54N8/c91-55-58-32-34-63(35-33-58)64-28-17-29-69(48-64)88-94-89(70-40-46-82(76(53-70)74-30-15-13-26-72(74)56-92)97-84-42-36-65(59-18-5-1-6-19-59)49-78(84)79-50-66(37-43-85(79)97)60-20-7-2-8-21-60)96-90(95-88)71-41-47-83(77(54-71)75-31-16-14-27-73(75)57-93)98-86-44-38-67(61-22-9-3-10-23-61)51-80(86)81-52-68(39-45-87(81)98)62-24-11-4-12-25-62/h1-54H. The Morgan fingerprint density at radius 1 is 0.214 bits per heavy atom. The highest BCUT2D eigenvalue weighted by Crippen LogP contribution is 2.45. The minimum atomic E-state index is 0.409. The van der Waals surface area contributed by atoms with Crippen LogP contribution >= 0.6 is 0 Å². The van der Waals surface area contributed by atoms with Crippen LogP contribution in [0.2, 0.25) is 0 Å². The van der Waals surface area contributed by atoms with Crippen LogP contribution in [0.5, 0.6) is 0 Å². The van der Waals surface area contributed by atoms with Gasteiger partial charge in [0.25, 0.3) is 0 Å². The molecule has 3 heterocycles. The Kier molecular flexibility index (Phi) is 14.5. The third-order valence-corrected chi connectivity index (χ3v) is 18.7. The number of rotatable bonds is 12. The van der Waals surface area contributed by atoms with E-state index >= 15 is 0 Å². The Bertz CT molecular complexity index is 5610. The van der Waals surface area contributed by atoms with Crippen LogP contribution in [-0.4, -0.2) is 24.1 Å². The fourth-order valence-corrected chi connectivity index (χ4v) is 13.9. The molecule has 0 atom stereocenters. The van der Waals surface area contributed by atoms with E-state index in [-0.39, 0.29) is 0 Å². The average Bonchev–Trinajstić information content (AvgIpc) is 1.58. The molecular weight excluding hydrogens is 1190 g/mol. The van der Waals surface area contributed by atoms with Crippen molar-refractivity contribution in [3.05, 3.63) is 344 Å². The second kappa shape index (κ2) is 24.6. The molecule has 0 spiro atoms. The van der Waals surface area contributed by atoms with Gasteiger partial charge in [-0.05, 0) is 171 Å². The quantitative estimate of drug-likeness (QED) is 0.120. The van der Waals surface area contributed by atoms with E-state index in [2.05, 4.69) is 240 Å². The Morgan fingerprint density at radius 3 is 0.857 bits per heavy atom. The topological polar surface area (TPSA) is 120 Å². The predicted octanol–water partition coefficient (Wildman–Crippen LogP) is 22.4. The molecule has 0 aliphatic carbocycles. The maximum Gasteiger partial charge on any atom is 0.164 e. The monoisotopic (exact) mass is 1250 g/mol. The highest BCUT2D eigenvalue weighted by molar-refractivity contribution is 6.14. The van der Waals surface area contributed by atoms with E-state index < -0.39 is 0 Å². The molecule has 454 valence electrons. The SMILES string of the molecule is N#Cc1ccc(-c2cccc(-c3nc(-c4ccc(-n5c6ccc(-c7ccccc7)cc6c6cc(-c7ccccc7)ccc65)c(-c5ccccc5C#N)c4)nc(-c4ccc(-n5c6ccc(-c7ccccc7)cc6c6cc(-c7ccccc7)ccc65)c(-c5ccccc5C#N)c4)n3)c2)cc1. The first-order valence-corrected chi connectivity index (χ1v) is 32.5. The van der Waals surface area contributed by atoms with Crippen LogP contribution in [0.4, 0.5) is 0 Å². The van der Waals surface area contributed by atoms with Crippen molar-refractivity contribution in [1.82, 2.24) is 24.1 Å². The summed E-state index contributed by atoms with van der Waals surface area (Å²) < 4.78 is 4.65. The Labute approximate surface area is 566 Å². The summed E-state index contributed by atoms with van der Waals surface area (Å²) in [5.41, 5.74) is 23.4. The van der Waals surface area contributed by atoms with Crippen LogP contribution in [0.3, 0.4) is 0 Å². The molecule has 0 amide bonds. The van der Waals surface area contributed by atoms with Gasteiger partial charge in [-0.1, -0.05) is 212 Å². The van der Waals surface area contributed by atoms with Gasteiger partial charge in [0, 0.05) is 60.5 Å². The van der Waals surface area contributed by atoms with Crippen molar-refractivity contribution in [3.8, 4) is 142 Å². The van der Waals surface area contributed by atoms with Gasteiger partial charge < -0.3 is 9.13 Å². The van der Waals surface area contributed by atoms with E-state index in [9.17, 15) is 15.8 Å². The van der Waals surface area contributed by atoms with Gasteiger partial charge in [-0.2, -0.15) is 15.8 Å². The molecule has 14 aromatic carbocycles. The first-order chi connectivity index (χ1) is 48.4. The van der Waals surface area contributed by atoms with Crippen LogP contribution < -0.4 is 0 Å². The van der Waals surface area contributed by atoms with Gasteiger partial charge >= 0.3 is 0 Å². The van der Waals surface area contributed by atoms with Crippen LogP contribution in [0.1, 0.15) is 16.7 Å². The zero-order chi connectivity index (χ0) is 65.6. The minimum Gasteiger partial charge on any atom is -0.309 e. The maximum absolute atomic E-state index is 11.0. The molecule has 0 N–H and O–H groups in total. The Morgan fingerprint density at radius 2 is 0.500 bits per heavy atom. The molecule has 0 unspecified atom stereocenters. The first-order valence-electron chi connectivity index (χ1n) is 32.5. The van der Waals surface area contributed by atoms with E-state index in [1.807, 2.05) is 115 Å². The van der Waals surface area contributed by atoms with Gasteiger partial charge in [0.05, 0.1) is 68.3 Å². The number of fused-ring (bicyclic) bond motifs is 6. The molecule has 0 fully saturated rings. The van der Waals surface area contributed by atoms with Crippen molar-refractivity contribution < 1.29 is 0 Å². The summed E-state index contributed by atoms with van der Waals surface area (Å²) in [6.45, 7) is 0. The third kappa shape index (κ3) is 10.4. The lowest BCUT2D eigenvalue weighted by atomic mass is 9.95. The normalized spacial score (nSPS) is 11.2. The number of hydrogen-bond acceptors (Lipinski definition) is 6. The van der Waals surface area contributed by atoms with Crippen LogP contribution in [0.25, 0.3) is 167 Å². The fourth-order valence-electron chi connectivity index (χ4n) is 13.9. The molecule has 17 rings (SSSR count). The predicted molar refractivity (Wildman–Crippen MR) is 397 cm³/mol. The summed E-state index contributed by atoms with van der Waals surface area (Å²) in [6, 6.07) is 120. The fraction of sp³-hybridized carbons (Fsp3) is 0. The highest BCUT2D eigenvalue weighted by atomic mass is 15.0. The average molecular weight is 1250 g/mol. The molecule has 0 saturated heterocycles. The highest BCUT2D eigenvalue weighted by Gasteiger charge is 2.25. The van der Waals surface area contributed by atoms with E-state index in [4.69, 9.17) is 15.0 Å². The van der Waals surface area contributed by atoms with Crippen molar-refractivity contribution in [3.63, 3.8) is 0 Å². The second-order valence-electron chi connectivity index (χ2n) is 24.4. The molecule has 3 aromatic heterocycles. The Hall–Kier alpha value is -13.8. The van der Waals surface area contributed by atoms with Gasteiger partial charge in [-0.3, -0.25) is 0 Å². The largest absolute Gasteiger partial charge is 0.309 e. The van der Waals surface area contributed by atoms with Crippen molar-refractivity contribution >= 4 is 43.6 Å². The molecule has 0 aliphatic rings. The van der Waals surface area contributed by atoms with E-state index in [0.717, 1.165) is 138 Å². The zero-order valence-electron chi connectivity index (χ0n) is 52.8. The lowest BCUT2D eigenvalue weighted by Crippen LogP contribution is -2.03. The molecule has 0 bridgehead atoms. The summed E-state index contributed by atoms with van der Waals surface area (Å²) in [5.74, 6) is 1.25. The summed E-state index contributed by atoms with van der Waals surface area (Å²) >= 11 is 0. The van der Waals surface area contributed by atoms with Crippen LogP contribution in [0.15, 0.2) is 328 Å². The molecule has 0 saturated carbocycles. The van der Waals surface area contributed by atoms with Crippen molar-refractivity contribution in [2.75, 3.05) is 0 Å². The smallest absolute Gasteiger partial charge is 0.164 e. The van der Waals surface area contributed by atoms with Crippen molar-refractivity contribution in [2.24, 2.45) is 0 Å². The Balaban J connectivity index is 0.893. The third-order valence-electron chi connectivity index (χ3n) is 18.7. The maximum atomic E-state index is 11.0. The summed E-state index contributed by atoms with van der Waals surface area (Å²) in [4.78, 5) is 16.3. The molecule has 8 nitrogen and oxygen atoms in total. The zero-order valence-corrected chi connectivity index (χ0v) is 52.8. The van der Waals surface area contributed by atoms with Gasteiger partial charge in [-0.15, -0.1) is 0 Å². The molecular formula is C90H54N8. The van der Waals surface area contributed by atoms with Gasteiger partial charge in [0.2, 0.25) is 0 Å². The number of nitrogens with zero attached hydrogens (tertiary/aromatic N) is 8. The van der Waals surface area contributed by atoms with Crippen LogP contribution in [0, 0.1) is 34.0 Å². The van der Waals surface area contributed by atoms with Gasteiger partial charge in [0.15, 0.2) is 17.5 Å². The summed E-state index contributed by atoms with van der Waals surface area (Å²) in [7, 11) is 0. The number of hydrogen-bond donors (Lipinski definition) is 0. The van der Waals surface area contributed by atoms with Gasteiger partial charge in [-0.25, -0.2) is 15.0 Å². The summed E-state index contributed by atoms with van der Waals surface area (Å²) in [5, 5.41) is 36.0. The molecule has 8 heteroatoms. The summed E-state index contributed by atoms with van der Waals surface area (Å²) in [6.07, 6.45) is 0. The molecule has 0 radical (unpaired) electrons. The second-order valence-corrected chi connectivity index (χ2v) is 24.4. The number of benzene rings is 14. The van der Waals surface area contributed by atoms with Crippen molar-refractivity contribution in [2.45, 2.75) is 0 Å². The van der Waals surface area contributed by atoms with Crippen LogP contribution in [-0.2, 0) is 0 Å².